The highest BCUT2D eigenvalue weighted by molar-refractivity contribution is 7.99. The van der Waals surface area contributed by atoms with Crippen LogP contribution in [0.25, 0.3) is 0 Å². The van der Waals surface area contributed by atoms with E-state index in [4.69, 9.17) is 5.11 Å². The molecule has 0 saturated carbocycles. The minimum Gasteiger partial charge on any atom is -0.384 e. The van der Waals surface area contributed by atoms with Gasteiger partial charge in [0.15, 0.2) is 0 Å². The van der Waals surface area contributed by atoms with Crippen LogP contribution in [0.2, 0.25) is 0 Å². The zero-order chi connectivity index (χ0) is 13.4. The van der Waals surface area contributed by atoms with Crippen molar-refractivity contribution in [3.63, 3.8) is 0 Å². The van der Waals surface area contributed by atoms with Crippen molar-refractivity contribution >= 4 is 17.7 Å². The first-order valence-electron chi connectivity index (χ1n) is 5.68. The highest BCUT2D eigenvalue weighted by Crippen LogP contribution is 2.06. The van der Waals surface area contributed by atoms with Crippen molar-refractivity contribution in [3.05, 3.63) is 35.4 Å². The molecule has 0 heterocycles. The van der Waals surface area contributed by atoms with Gasteiger partial charge in [0.05, 0.1) is 0 Å². The van der Waals surface area contributed by atoms with Gasteiger partial charge in [0.25, 0.3) is 5.91 Å². The van der Waals surface area contributed by atoms with E-state index >= 15 is 0 Å². The van der Waals surface area contributed by atoms with Crippen LogP contribution >= 0.6 is 11.8 Å². The minimum absolute atomic E-state index is 0.0939. The van der Waals surface area contributed by atoms with Crippen molar-refractivity contribution in [2.24, 2.45) is 0 Å². The summed E-state index contributed by atoms with van der Waals surface area (Å²) < 4.78 is 0. The molecule has 1 unspecified atom stereocenters. The van der Waals surface area contributed by atoms with Gasteiger partial charge in [-0.1, -0.05) is 24.8 Å². The number of hydrogen-bond donors (Lipinski definition) is 2. The van der Waals surface area contributed by atoms with Crippen LogP contribution in [0.3, 0.4) is 0 Å². The highest BCUT2D eigenvalue weighted by atomic mass is 32.2. The maximum atomic E-state index is 11.9. The van der Waals surface area contributed by atoms with Gasteiger partial charge in [-0.3, -0.25) is 4.79 Å². The fourth-order valence-corrected chi connectivity index (χ4v) is 1.55. The lowest BCUT2D eigenvalue weighted by Crippen LogP contribution is -2.29. The normalized spacial score (nSPS) is 11.3. The van der Waals surface area contributed by atoms with E-state index in [0.29, 0.717) is 17.4 Å². The fourth-order valence-electron chi connectivity index (χ4n) is 1.30. The Morgan fingerprint density at radius 3 is 3.00 bits per heavy atom. The van der Waals surface area contributed by atoms with E-state index in [1.807, 2.05) is 12.3 Å². The quantitative estimate of drug-likeness (QED) is 0.810. The van der Waals surface area contributed by atoms with Crippen LogP contribution in [0.15, 0.2) is 24.3 Å². The molecule has 1 aromatic carbocycles. The van der Waals surface area contributed by atoms with Crippen LogP contribution in [0.1, 0.15) is 22.8 Å². The molecule has 2 N–H and O–H groups in total. The number of benzene rings is 1. The molecule has 0 bridgehead atoms. The van der Waals surface area contributed by atoms with Crippen LogP contribution in [0.5, 0.6) is 0 Å². The molecule has 1 amide bonds. The number of aliphatic hydroxyl groups excluding tert-OH is 1. The Morgan fingerprint density at radius 1 is 1.56 bits per heavy atom. The predicted octanol–water partition coefficient (Wildman–Crippen LogP) is 1.51. The molecule has 0 fully saturated rings. The SMILES string of the molecule is CSC(C)CNC(=O)c1cccc(C#CCO)c1. The number of carbonyl (C=O) groups excluding carboxylic acids is 1. The monoisotopic (exact) mass is 263 g/mol. The van der Waals surface area contributed by atoms with E-state index in [0.717, 1.165) is 5.56 Å². The van der Waals surface area contributed by atoms with E-state index < -0.39 is 0 Å². The molecule has 1 rings (SSSR count). The Morgan fingerprint density at radius 2 is 2.33 bits per heavy atom. The van der Waals surface area contributed by atoms with Crippen LogP contribution in [0, 0.1) is 11.8 Å². The van der Waals surface area contributed by atoms with Crippen LogP contribution in [0.4, 0.5) is 0 Å². The van der Waals surface area contributed by atoms with Gasteiger partial charge in [-0.05, 0) is 24.5 Å². The van der Waals surface area contributed by atoms with Gasteiger partial charge in [0.2, 0.25) is 0 Å². The maximum absolute atomic E-state index is 11.9. The van der Waals surface area contributed by atoms with Crippen molar-refractivity contribution in [2.75, 3.05) is 19.4 Å². The summed E-state index contributed by atoms with van der Waals surface area (Å²) in [6, 6.07) is 7.07. The largest absolute Gasteiger partial charge is 0.384 e. The summed E-state index contributed by atoms with van der Waals surface area (Å²) in [5.74, 6) is 5.25. The third-order valence-electron chi connectivity index (χ3n) is 2.39. The van der Waals surface area contributed by atoms with Gasteiger partial charge >= 0.3 is 0 Å². The molecule has 1 atom stereocenters. The van der Waals surface area contributed by atoms with Crippen molar-refractivity contribution in [1.82, 2.24) is 5.32 Å². The summed E-state index contributed by atoms with van der Waals surface area (Å²) in [5.41, 5.74) is 1.32. The third kappa shape index (κ3) is 4.82. The van der Waals surface area contributed by atoms with Gasteiger partial charge in [-0.25, -0.2) is 0 Å². The molecule has 96 valence electrons. The molecule has 0 saturated heterocycles. The predicted molar refractivity (Wildman–Crippen MR) is 75.7 cm³/mol. The number of aliphatic hydroxyl groups is 1. The molecule has 4 heteroatoms. The summed E-state index contributed by atoms with van der Waals surface area (Å²) >= 11 is 1.71. The molecule has 0 aliphatic rings. The van der Waals surface area contributed by atoms with Gasteiger partial charge < -0.3 is 10.4 Å². The lowest BCUT2D eigenvalue weighted by Gasteiger charge is -2.09. The Labute approximate surface area is 112 Å². The molecule has 0 radical (unpaired) electrons. The summed E-state index contributed by atoms with van der Waals surface area (Å²) in [4.78, 5) is 11.9. The second-order valence-electron chi connectivity index (χ2n) is 3.80. The first-order chi connectivity index (χ1) is 8.67. The molecule has 0 spiro atoms. The zero-order valence-corrected chi connectivity index (χ0v) is 11.4. The van der Waals surface area contributed by atoms with Crippen molar-refractivity contribution in [3.8, 4) is 11.8 Å². The topological polar surface area (TPSA) is 49.3 Å². The molecular formula is C14H17NO2S. The van der Waals surface area contributed by atoms with Crippen LogP contribution in [-0.4, -0.2) is 35.7 Å². The Hall–Kier alpha value is -1.44. The zero-order valence-electron chi connectivity index (χ0n) is 10.6. The van der Waals surface area contributed by atoms with E-state index in [1.165, 1.54) is 0 Å². The fraction of sp³-hybridized carbons (Fsp3) is 0.357. The van der Waals surface area contributed by atoms with E-state index in [-0.39, 0.29) is 12.5 Å². The Bertz CT molecular complexity index is 462. The number of amides is 1. The molecule has 1 aromatic rings. The molecule has 0 aromatic heterocycles. The molecular weight excluding hydrogens is 246 g/mol. The van der Waals surface area contributed by atoms with Crippen molar-refractivity contribution in [2.45, 2.75) is 12.2 Å². The second kappa shape index (κ2) is 7.80. The molecule has 3 nitrogen and oxygen atoms in total. The first kappa shape index (κ1) is 14.6. The summed E-state index contributed by atoms with van der Waals surface area (Å²) in [7, 11) is 0. The van der Waals surface area contributed by atoms with Crippen molar-refractivity contribution in [1.29, 1.82) is 0 Å². The molecule has 0 aliphatic carbocycles. The Balaban J connectivity index is 2.68. The van der Waals surface area contributed by atoms with E-state index in [9.17, 15) is 4.79 Å². The Kier molecular flexibility index (Phi) is 6.34. The smallest absolute Gasteiger partial charge is 0.251 e. The average molecular weight is 263 g/mol. The number of nitrogens with one attached hydrogen (secondary N) is 1. The van der Waals surface area contributed by atoms with Gasteiger partial charge in [-0.2, -0.15) is 11.8 Å². The first-order valence-corrected chi connectivity index (χ1v) is 6.97. The molecule has 18 heavy (non-hydrogen) atoms. The second-order valence-corrected chi connectivity index (χ2v) is 5.07. The average Bonchev–Trinajstić information content (AvgIpc) is 2.42. The van der Waals surface area contributed by atoms with Gasteiger partial charge in [0, 0.05) is 22.9 Å². The van der Waals surface area contributed by atoms with Crippen LogP contribution < -0.4 is 5.32 Å². The molecule has 0 aliphatic heterocycles. The third-order valence-corrected chi connectivity index (χ3v) is 3.36. The number of thioether (sulfide) groups is 1. The van der Waals surface area contributed by atoms with Crippen molar-refractivity contribution < 1.29 is 9.90 Å². The highest BCUT2D eigenvalue weighted by Gasteiger charge is 2.07. The number of hydrogen-bond acceptors (Lipinski definition) is 3. The standard InChI is InChI=1S/C14H17NO2S/c1-11(18-2)10-15-14(17)13-7-3-5-12(9-13)6-4-8-16/h3,5,7,9,11,16H,8,10H2,1-2H3,(H,15,17). The number of rotatable bonds is 4. The lowest BCUT2D eigenvalue weighted by molar-refractivity contribution is 0.0954. The van der Waals surface area contributed by atoms with E-state index in [2.05, 4.69) is 24.1 Å². The van der Waals surface area contributed by atoms with E-state index in [1.54, 1.807) is 30.0 Å². The van der Waals surface area contributed by atoms with Crippen LogP contribution in [-0.2, 0) is 0 Å². The van der Waals surface area contributed by atoms with Gasteiger partial charge in [0.1, 0.15) is 6.61 Å². The maximum Gasteiger partial charge on any atom is 0.251 e. The lowest BCUT2D eigenvalue weighted by atomic mass is 10.1. The number of carbonyl (C=O) groups is 1. The summed E-state index contributed by atoms with van der Waals surface area (Å²) in [6.07, 6.45) is 2.02. The summed E-state index contributed by atoms with van der Waals surface area (Å²) in [5, 5.41) is 11.9. The minimum atomic E-state index is -0.179. The van der Waals surface area contributed by atoms with Gasteiger partial charge in [-0.15, -0.1) is 0 Å². The summed E-state index contributed by atoms with van der Waals surface area (Å²) in [6.45, 7) is 2.53.